The van der Waals surface area contributed by atoms with Gasteiger partial charge in [-0.25, -0.2) is 9.59 Å². The van der Waals surface area contributed by atoms with Gasteiger partial charge in [0.25, 0.3) is 0 Å². The van der Waals surface area contributed by atoms with Gasteiger partial charge in [0.05, 0.1) is 24.2 Å². The second-order valence-corrected chi connectivity index (χ2v) is 3.53. The average Bonchev–Trinajstić information content (AvgIpc) is 2.48. The van der Waals surface area contributed by atoms with Gasteiger partial charge in [-0.05, 0) is 18.2 Å². The smallest absolute Gasteiger partial charge is 0.335 e. The molecule has 1 rings (SSSR count). The molecular formula is C12H18N4O6. The van der Waals surface area contributed by atoms with Gasteiger partial charge < -0.3 is 33.1 Å². The van der Waals surface area contributed by atoms with E-state index in [9.17, 15) is 19.2 Å². The lowest BCUT2D eigenvalue weighted by Crippen LogP contribution is -2.21. The van der Waals surface area contributed by atoms with E-state index in [1.165, 1.54) is 18.2 Å². The van der Waals surface area contributed by atoms with E-state index >= 15 is 0 Å². The number of nitrogens with two attached hydrogens (primary N) is 4. The monoisotopic (exact) mass is 314 g/mol. The fourth-order valence-electron chi connectivity index (χ4n) is 0.785. The van der Waals surface area contributed by atoms with Crippen LogP contribution in [0.25, 0.3) is 0 Å². The molecule has 122 valence electrons. The van der Waals surface area contributed by atoms with Crippen LogP contribution in [-0.4, -0.2) is 47.1 Å². The molecule has 10 nitrogen and oxygen atoms in total. The van der Waals surface area contributed by atoms with E-state index in [-0.39, 0.29) is 24.2 Å². The molecule has 0 aromatic heterocycles. The molecule has 0 fully saturated rings. The van der Waals surface area contributed by atoms with Gasteiger partial charge in [-0.3, -0.25) is 9.59 Å². The lowest BCUT2D eigenvalue weighted by molar-refractivity contribution is -0.117. The van der Waals surface area contributed by atoms with Crippen LogP contribution in [0.4, 0.5) is 0 Å². The number of carbonyl (C=O) groups is 4. The molecule has 0 atom stereocenters. The van der Waals surface area contributed by atoms with E-state index in [4.69, 9.17) is 21.7 Å². The highest BCUT2D eigenvalue weighted by molar-refractivity contribution is 5.93. The zero-order valence-electron chi connectivity index (χ0n) is 11.6. The van der Waals surface area contributed by atoms with E-state index in [0.29, 0.717) is 0 Å². The topological polar surface area (TPSA) is 213 Å². The minimum Gasteiger partial charge on any atom is -0.478 e. The Balaban J connectivity index is 0. The lowest BCUT2D eigenvalue weighted by atomic mass is 10.1. The first-order valence-corrected chi connectivity index (χ1v) is 5.69. The molecule has 22 heavy (non-hydrogen) atoms. The number of carbonyl (C=O) groups excluding carboxylic acids is 2. The largest absolute Gasteiger partial charge is 0.478 e. The summed E-state index contributed by atoms with van der Waals surface area (Å²) in [6, 6.07) is 5.20. The third-order valence-corrected chi connectivity index (χ3v) is 1.76. The van der Waals surface area contributed by atoms with Crippen molar-refractivity contribution in [2.75, 3.05) is 13.1 Å². The van der Waals surface area contributed by atoms with E-state index < -0.39 is 23.8 Å². The summed E-state index contributed by atoms with van der Waals surface area (Å²) in [5.74, 6) is -3.19. The van der Waals surface area contributed by atoms with E-state index in [1.54, 1.807) is 0 Å². The first kappa shape index (κ1) is 21.3. The highest BCUT2D eigenvalue weighted by atomic mass is 16.4. The maximum atomic E-state index is 10.4. The number of benzene rings is 1. The normalized spacial score (nSPS) is 8.45. The van der Waals surface area contributed by atoms with Crippen molar-refractivity contribution in [2.24, 2.45) is 22.9 Å². The molecule has 0 aliphatic rings. The van der Waals surface area contributed by atoms with Gasteiger partial charge in [0.1, 0.15) is 0 Å². The van der Waals surface area contributed by atoms with Crippen molar-refractivity contribution in [3.05, 3.63) is 35.4 Å². The van der Waals surface area contributed by atoms with Gasteiger partial charge in [0.2, 0.25) is 11.8 Å². The second-order valence-electron chi connectivity index (χ2n) is 3.53. The summed E-state index contributed by atoms with van der Waals surface area (Å²) in [4.78, 5) is 39.7. The Labute approximate surface area is 125 Å². The summed E-state index contributed by atoms with van der Waals surface area (Å²) in [5.41, 5.74) is 18.4. The van der Waals surface area contributed by atoms with Crippen molar-refractivity contribution in [1.82, 2.24) is 0 Å². The van der Waals surface area contributed by atoms with Crippen molar-refractivity contribution >= 4 is 23.8 Å². The van der Waals surface area contributed by atoms with Gasteiger partial charge in [-0.15, -0.1) is 0 Å². The number of hydrogen-bond donors (Lipinski definition) is 6. The molecular weight excluding hydrogens is 296 g/mol. The number of carboxylic acid groups (broad SMARTS) is 2. The van der Waals surface area contributed by atoms with Crippen molar-refractivity contribution in [3.63, 3.8) is 0 Å². The Hall–Kier alpha value is -2.98. The summed E-state index contributed by atoms with van der Waals surface area (Å²) in [6.07, 6.45) is 0. The third-order valence-electron chi connectivity index (χ3n) is 1.76. The SMILES string of the molecule is NCC(N)=O.NCC(N)=O.O=C(O)c1cccc(C(=O)O)c1. The molecule has 0 spiro atoms. The molecule has 0 bridgehead atoms. The minimum absolute atomic E-state index is 0.0186. The van der Waals surface area contributed by atoms with E-state index in [0.717, 1.165) is 6.07 Å². The quantitative estimate of drug-likeness (QED) is 0.362. The highest BCUT2D eigenvalue weighted by Crippen LogP contribution is 2.04. The lowest BCUT2D eigenvalue weighted by Gasteiger charge is -1.95. The maximum absolute atomic E-state index is 10.4. The van der Waals surface area contributed by atoms with Crippen LogP contribution >= 0.6 is 0 Å². The summed E-state index contributed by atoms with van der Waals surface area (Å²) >= 11 is 0. The van der Waals surface area contributed by atoms with Crippen LogP contribution in [0.1, 0.15) is 20.7 Å². The number of amides is 2. The predicted molar refractivity (Wildman–Crippen MR) is 76.9 cm³/mol. The van der Waals surface area contributed by atoms with Crippen LogP contribution in [0.5, 0.6) is 0 Å². The van der Waals surface area contributed by atoms with Crippen LogP contribution in [0.2, 0.25) is 0 Å². The maximum Gasteiger partial charge on any atom is 0.335 e. The Morgan fingerprint density at radius 2 is 1.09 bits per heavy atom. The van der Waals surface area contributed by atoms with Crippen LogP contribution in [0.3, 0.4) is 0 Å². The number of aromatic carboxylic acids is 2. The number of hydrogen-bond acceptors (Lipinski definition) is 6. The number of primary amides is 2. The van der Waals surface area contributed by atoms with Crippen molar-refractivity contribution in [2.45, 2.75) is 0 Å². The molecule has 0 aliphatic carbocycles. The van der Waals surface area contributed by atoms with Crippen molar-refractivity contribution in [3.8, 4) is 0 Å². The molecule has 0 saturated carbocycles. The standard InChI is InChI=1S/C8H6O4.2C2H6N2O/c9-7(10)5-2-1-3-6(4-5)8(11)12;2*3-1-2(4)5/h1-4H,(H,9,10)(H,11,12);2*1,3H2,(H2,4,5). The molecule has 0 saturated heterocycles. The van der Waals surface area contributed by atoms with Gasteiger partial charge >= 0.3 is 11.9 Å². The third kappa shape index (κ3) is 12.1. The molecule has 10 N–H and O–H groups in total. The fourth-order valence-corrected chi connectivity index (χ4v) is 0.785. The van der Waals surface area contributed by atoms with Crippen LogP contribution in [0.15, 0.2) is 24.3 Å². The zero-order valence-corrected chi connectivity index (χ0v) is 11.6. The van der Waals surface area contributed by atoms with E-state index in [2.05, 4.69) is 11.5 Å². The Morgan fingerprint density at radius 1 is 0.818 bits per heavy atom. The first-order chi connectivity index (χ1) is 10.1. The summed E-state index contributed by atoms with van der Waals surface area (Å²) in [7, 11) is 0. The van der Waals surface area contributed by atoms with Crippen LogP contribution in [-0.2, 0) is 9.59 Å². The number of carboxylic acids is 2. The van der Waals surface area contributed by atoms with Crippen molar-refractivity contribution in [1.29, 1.82) is 0 Å². The fraction of sp³-hybridized carbons (Fsp3) is 0.167. The first-order valence-electron chi connectivity index (χ1n) is 5.69. The van der Waals surface area contributed by atoms with Crippen LogP contribution < -0.4 is 22.9 Å². The predicted octanol–water partition coefficient (Wildman–Crippen LogP) is -2.06. The van der Waals surface area contributed by atoms with E-state index in [1.807, 2.05) is 0 Å². The summed E-state index contributed by atoms with van der Waals surface area (Å²) in [5, 5.41) is 17.0. The molecule has 1 aromatic carbocycles. The van der Waals surface area contributed by atoms with Gasteiger partial charge in [0, 0.05) is 0 Å². The highest BCUT2D eigenvalue weighted by Gasteiger charge is 2.06. The summed E-state index contributed by atoms with van der Waals surface area (Å²) < 4.78 is 0. The zero-order chi connectivity index (χ0) is 17.7. The molecule has 0 heterocycles. The molecule has 2 amide bonds. The molecule has 10 heteroatoms. The second kappa shape index (κ2) is 11.8. The molecule has 0 aliphatic heterocycles. The van der Waals surface area contributed by atoms with Crippen molar-refractivity contribution < 1.29 is 29.4 Å². The van der Waals surface area contributed by atoms with Gasteiger partial charge in [-0.1, -0.05) is 6.07 Å². The molecule has 1 aromatic rings. The Kier molecular flexibility index (Phi) is 11.4. The van der Waals surface area contributed by atoms with Gasteiger partial charge in [0.15, 0.2) is 0 Å². The van der Waals surface area contributed by atoms with Crippen LogP contribution in [0, 0.1) is 0 Å². The summed E-state index contributed by atoms with van der Waals surface area (Å²) in [6.45, 7) is -0.111. The minimum atomic E-state index is -1.13. The number of rotatable bonds is 4. The van der Waals surface area contributed by atoms with Gasteiger partial charge in [-0.2, -0.15) is 0 Å². The molecule has 0 unspecified atom stereocenters. The Bertz CT molecular complexity index is 489. The molecule has 0 radical (unpaired) electrons. The average molecular weight is 314 g/mol. The Morgan fingerprint density at radius 3 is 1.27 bits per heavy atom.